The number of carbonyl (C=O) groups is 1. The van der Waals surface area contributed by atoms with E-state index in [1.54, 1.807) is 12.1 Å². The van der Waals surface area contributed by atoms with Crippen molar-refractivity contribution in [2.24, 2.45) is 5.92 Å². The van der Waals surface area contributed by atoms with Gasteiger partial charge in [-0.3, -0.25) is 4.79 Å². The van der Waals surface area contributed by atoms with E-state index in [2.05, 4.69) is 10.0 Å². The highest BCUT2D eigenvalue weighted by Crippen LogP contribution is 2.12. The molecule has 5 nitrogen and oxygen atoms in total. The van der Waals surface area contributed by atoms with Gasteiger partial charge < -0.3 is 5.32 Å². The van der Waals surface area contributed by atoms with Gasteiger partial charge in [-0.05, 0) is 38.1 Å². The van der Waals surface area contributed by atoms with Crippen molar-refractivity contribution < 1.29 is 13.2 Å². The summed E-state index contributed by atoms with van der Waals surface area (Å²) < 4.78 is 25.5. The summed E-state index contributed by atoms with van der Waals surface area (Å²) in [6, 6.07) is 6.00. The van der Waals surface area contributed by atoms with Gasteiger partial charge in [0.1, 0.15) is 0 Å². The first-order valence-electron chi connectivity index (χ1n) is 6.12. The molecule has 0 unspecified atom stereocenters. The maximum Gasteiger partial charge on any atom is 0.251 e. The fourth-order valence-electron chi connectivity index (χ4n) is 1.38. The SMILES string of the molecule is CNS(=O)(=O)c1cccc(C(=O)N[C@@H](C)C(C)C)c1. The van der Waals surface area contributed by atoms with Crippen LogP contribution in [0.3, 0.4) is 0 Å². The number of amides is 1. The standard InChI is InChI=1S/C13H20N2O3S/c1-9(2)10(3)15-13(16)11-6-5-7-12(8-11)19(17,18)14-4/h5-10,14H,1-4H3,(H,15,16)/t10-/m0/s1. The first-order chi connectivity index (χ1) is 8.77. The van der Waals surface area contributed by atoms with Gasteiger partial charge in [-0.1, -0.05) is 19.9 Å². The third-order valence-electron chi connectivity index (χ3n) is 3.03. The van der Waals surface area contributed by atoms with Crippen LogP contribution in [0.4, 0.5) is 0 Å². The van der Waals surface area contributed by atoms with Crippen LogP contribution in [0.1, 0.15) is 31.1 Å². The van der Waals surface area contributed by atoms with Crippen LogP contribution >= 0.6 is 0 Å². The van der Waals surface area contributed by atoms with E-state index >= 15 is 0 Å². The summed E-state index contributed by atoms with van der Waals surface area (Å²) in [7, 11) is -2.19. The first-order valence-corrected chi connectivity index (χ1v) is 7.60. The Morgan fingerprint density at radius 2 is 1.84 bits per heavy atom. The average molecular weight is 284 g/mol. The Labute approximate surface area is 114 Å². The van der Waals surface area contributed by atoms with E-state index in [0.29, 0.717) is 11.5 Å². The predicted molar refractivity (Wildman–Crippen MR) is 74.5 cm³/mol. The first kappa shape index (κ1) is 15.7. The molecule has 0 aliphatic heterocycles. The van der Waals surface area contributed by atoms with Crippen molar-refractivity contribution in [2.75, 3.05) is 7.05 Å². The van der Waals surface area contributed by atoms with Crippen molar-refractivity contribution in [1.29, 1.82) is 0 Å². The molecule has 0 heterocycles. The van der Waals surface area contributed by atoms with E-state index in [-0.39, 0.29) is 16.8 Å². The molecule has 1 aromatic rings. The summed E-state index contributed by atoms with van der Waals surface area (Å²) in [6.45, 7) is 5.93. The van der Waals surface area contributed by atoms with Crippen LogP contribution in [-0.4, -0.2) is 27.4 Å². The second kappa shape index (κ2) is 6.16. The van der Waals surface area contributed by atoms with E-state index in [1.807, 2.05) is 20.8 Å². The van der Waals surface area contributed by atoms with Crippen molar-refractivity contribution in [3.63, 3.8) is 0 Å². The van der Waals surface area contributed by atoms with Crippen LogP contribution in [0.2, 0.25) is 0 Å². The van der Waals surface area contributed by atoms with Crippen LogP contribution in [0.25, 0.3) is 0 Å². The lowest BCUT2D eigenvalue weighted by Gasteiger charge is -2.17. The van der Waals surface area contributed by atoms with Gasteiger partial charge in [-0.25, -0.2) is 13.1 Å². The van der Waals surface area contributed by atoms with Gasteiger partial charge in [0.25, 0.3) is 5.91 Å². The van der Waals surface area contributed by atoms with Gasteiger partial charge in [0.05, 0.1) is 4.90 Å². The fraction of sp³-hybridized carbons (Fsp3) is 0.462. The van der Waals surface area contributed by atoms with E-state index in [1.165, 1.54) is 19.2 Å². The number of carbonyl (C=O) groups excluding carboxylic acids is 1. The summed E-state index contributed by atoms with van der Waals surface area (Å²) in [4.78, 5) is 12.1. The lowest BCUT2D eigenvalue weighted by molar-refractivity contribution is 0.0930. The van der Waals surface area contributed by atoms with Crippen LogP contribution in [0, 0.1) is 5.92 Å². The minimum atomic E-state index is -3.53. The summed E-state index contributed by atoms with van der Waals surface area (Å²) in [5, 5.41) is 2.84. The quantitative estimate of drug-likeness (QED) is 0.857. The van der Waals surface area contributed by atoms with Crippen molar-refractivity contribution in [2.45, 2.75) is 31.7 Å². The maximum absolute atomic E-state index is 12.0. The molecule has 0 spiro atoms. The molecule has 0 saturated carbocycles. The number of sulfonamides is 1. The minimum Gasteiger partial charge on any atom is -0.349 e. The molecule has 2 N–H and O–H groups in total. The van der Waals surface area contributed by atoms with E-state index in [9.17, 15) is 13.2 Å². The summed E-state index contributed by atoms with van der Waals surface area (Å²) in [6.07, 6.45) is 0. The second-order valence-electron chi connectivity index (χ2n) is 4.74. The second-order valence-corrected chi connectivity index (χ2v) is 6.63. The van der Waals surface area contributed by atoms with Gasteiger partial charge >= 0.3 is 0 Å². The third kappa shape index (κ3) is 4.04. The van der Waals surface area contributed by atoms with E-state index < -0.39 is 10.0 Å². The largest absolute Gasteiger partial charge is 0.349 e. The molecular weight excluding hydrogens is 264 g/mol. The minimum absolute atomic E-state index is 0.0251. The molecule has 0 saturated heterocycles. The highest BCUT2D eigenvalue weighted by atomic mass is 32.2. The molecule has 1 atom stereocenters. The Balaban J connectivity index is 2.97. The lowest BCUT2D eigenvalue weighted by atomic mass is 10.1. The molecule has 19 heavy (non-hydrogen) atoms. The number of benzene rings is 1. The lowest BCUT2D eigenvalue weighted by Crippen LogP contribution is -2.36. The van der Waals surface area contributed by atoms with Crippen molar-refractivity contribution in [3.8, 4) is 0 Å². The molecule has 1 amide bonds. The summed E-state index contributed by atoms with van der Waals surface area (Å²) in [5.74, 6) is 0.0440. The van der Waals surface area contributed by atoms with Crippen LogP contribution in [0.15, 0.2) is 29.2 Å². The molecule has 6 heteroatoms. The molecule has 0 radical (unpaired) electrons. The zero-order chi connectivity index (χ0) is 14.6. The van der Waals surface area contributed by atoms with Crippen molar-refractivity contribution >= 4 is 15.9 Å². The zero-order valence-corrected chi connectivity index (χ0v) is 12.4. The monoisotopic (exact) mass is 284 g/mol. The van der Waals surface area contributed by atoms with Gasteiger partial charge in [-0.2, -0.15) is 0 Å². The predicted octanol–water partition coefficient (Wildman–Crippen LogP) is 1.37. The van der Waals surface area contributed by atoms with Gasteiger partial charge in [0, 0.05) is 11.6 Å². The Hall–Kier alpha value is -1.40. The molecule has 1 aromatic carbocycles. The van der Waals surface area contributed by atoms with Crippen LogP contribution < -0.4 is 10.0 Å². The van der Waals surface area contributed by atoms with Crippen LogP contribution in [0.5, 0.6) is 0 Å². The van der Waals surface area contributed by atoms with Crippen LogP contribution in [-0.2, 0) is 10.0 Å². The summed E-state index contributed by atoms with van der Waals surface area (Å²) in [5.41, 5.74) is 0.337. The Kier molecular flexibility index (Phi) is 5.08. The average Bonchev–Trinajstić information content (AvgIpc) is 2.38. The summed E-state index contributed by atoms with van der Waals surface area (Å²) >= 11 is 0. The molecule has 1 rings (SSSR count). The fourth-order valence-corrected chi connectivity index (χ4v) is 2.15. The highest BCUT2D eigenvalue weighted by Gasteiger charge is 2.16. The van der Waals surface area contributed by atoms with E-state index in [0.717, 1.165) is 0 Å². The molecule has 0 bridgehead atoms. The van der Waals surface area contributed by atoms with Crippen molar-refractivity contribution in [1.82, 2.24) is 10.0 Å². The van der Waals surface area contributed by atoms with Crippen molar-refractivity contribution in [3.05, 3.63) is 29.8 Å². The van der Waals surface area contributed by atoms with Gasteiger partial charge in [0.15, 0.2) is 0 Å². The molecule has 0 aromatic heterocycles. The third-order valence-corrected chi connectivity index (χ3v) is 4.45. The number of hydrogen-bond donors (Lipinski definition) is 2. The number of hydrogen-bond acceptors (Lipinski definition) is 3. The number of rotatable bonds is 5. The van der Waals surface area contributed by atoms with E-state index in [4.69, 9.17) is 0 Å². The maximum atomic E-state index is 12.0. The molecular formula is C13H20N2O3S. The molecule has 106 valence electrons. The Bertz CT molecular complexity index is 553. The Morgan fingerprint density at radius 1 is 1.21 bits per heavy atom. The molecule has 0 aliphatic rings. The Morgan fingerprint density at radius 3 is 2.37 bits per heavy atom. The zero-order valence-electron chi connectivity index (χ0n) is 11.6. The molecule has 0 aliphatic carbocycles. The number of nitrogens with one attached hydrogen (secondary N) is 2. The molecule has 0 fully saturated rings. The normalized spacial score (nSPS) is 13.3. The smallest absolute Gasteiger partial charge is 0.251 e. The highest BCUT2D eigenvalue weighted by molar-refractivity contribution is 7.89. The van der Waals surface area contributed by atoms with Gasteiger partial charge in [-0.15, -0.1) is 0 Å². The van der Waals surface area contributed by atoms with Gasteiger partial charge in [0.2, 0.25) is 10.0 Å². The topological polar surface area (TPSA) is 75.3 Å².